The highest BCUT2D eigenvalue weighted by atomic mass is 16.5. The Labute approximate surface area is 133 Å². The summed E-state index contributed by atoms with van der Waals surface area (Å²) in [6.07, 6.45) is 1.54. The minimum Gasteiger partial charge on any atom is -0.464 e. The molecule has 0 amide bonds. The maximum absolute atomic E-state index is 12.0. The van der Waals surface area contributed by atoms with Crippen LogP contribution in [-0.4, -0.2) is 34.2 Å². The van der Waals surface area contributed by atoms with Gasteiger partial charge in [0.15, 0.2) is 0 Å². The van der Waals surface area contributed by atoms with Crippen molar-refractivity contribution in [3.05, 3.63) is 71.4 Å². The van der Waals surface area contributed by atoms with Gasteiger partial charge >= 0.3 is 5.97 Å². The van der Waals surface area contributed by atoms with Crippen molar-refractivity contribution in [3.63, 3.8) is 0 Å². The number of H-pyrrole nitrogens is 1. The number of aromatic nitrogens is 1. The molecule has 2 aromatic carbocycles. The van der Waals surface area contributed by atoms with Crippen molar-refractivity contribution in [2.45, 2.75) is 6.54 Å². The van der Waals surface area contributed by atoms with Gasteiger partial charge in [0.25, 0.3) is 0 Å². The monoisotopic (exact) mass is 309 g/mol. The van der Waals surface area contributed by atoms with Gasteiger partial charge in [-0.1, -0.05) is 48.5 Å². The number of para-hydroxylation sites is 1. The number of fused-ring (bicyclic) bond motifs is 1. The molecule has 0 saturated carbocycles. The summed E-state index contributed by atoms with van der Waals surface area (Å²) in [5.41, 5.74) is 2.70. The van der Waals surface area contributed by atoms with Crippen LogP contribution in [0.5, 0.6) is 0 Å². The molecule has 5 nitrogen and oxygen atoms in total. The van der Waals surface area contributed by atoms with E-state index in [9.17, 15) is 10.0 Å². The molecule has 0 fully saturated rings. The second-order valence-corrected chi connectivity index (χ2v) is 5.16. The van der Waals surface area contributed by atoms with Gasteiger partial charge in [-0.05, 0) is 10.8 Å². The standard InChI is InChI=1S/C18H16N2O3/c1-23-18(21)17-15(14-9-5-6-10-16(14)19-17)12-20(22)11-13-7-3-2-4-8-13/h2-10,12,22H,11H2,1H3/p+1. The highest BCUT2D eigenvalue weighted by molar-refractivity contribution is 6.08. The fourth-order valence-electron chi connectivity index (χ4n) is 2.53. The molecule has 0 spiro atoms. The summed E-state index contributed by atoms with van der Waals surface area (Å²) in [6, 6.07) is 17.1. The molecule has 2 N–H and O–H groups in total. The van der Waals surface area contributed by atoms with E-state index < -0.39 is 5.97 Å². The predicted molar refractivity (Wildman–Crippen MR) is 87.0 cm³/mol. The third-order valence-electron chi connectivity index (χ3n) is 3.60. The lowest BCUT2D eigenvalue weighted by Crippen LogP contribution is -2.12. The Morgan fingerprint density at radius 3 is 2.61 bits per heavy atom. The van der Waals surface area contributed by atoms with Crippen molar-refractivity contribution in [1.82, 2.24) is 4.98 Å². The Balaban J connectivity index is 2.03. The van der Waals surface area contributed by atoms with Crippen LogP contribution in [-0.2, 0) is 11.3 Å². The molecule has 23 heavy (non-hydrogen) atoms. The molecule has 1 aromatic heterocycles. The second kappa shape index (κ2) is 6.36. The molecular formula is C18H17N2O3+. The Morgan fingerprint density at radius 2 is 1.87 bits per heavy atom. The van der Waals surface area contributed by atoms with Crippen molar-refractivity contribution in [3.8, 4) is 0 Å². The number of rotatable bonds is 4. The summed E-state index contributed by atoms with van der Waals surface area (Å²) in [5, 5.41) is 11.1. The van der Waals surface area contributed by atoms with Crippen LogP contribution in [0.2, 0.25) is 0 Å². The van der Waals surface area contributed by atoms with Crippen LogP contribution in [0.15, 0.2) is 54.6 Å². The molecule has 0 bridgehead atoms. The lowest BCUT2D eigenvalue weighted by atomic mass is 10.1. The smallest absolute Gasteiger partial charge is 0.355 e. The molecule has 0 radical (unpaired) electrons. The van der Waals surface area contributed by atoms with Gasteiger partial charge in [-0.3, -0.25) is 5.21 Å². The molecular weight excluding hydrogens is 292 g/mol. The number of nitrogens with zero attached hydrogens (tertiary/aromatic N) is 1. The number of carbonyl (C=O) groups excluding carboxylic acids is 1. The summed E-state index contributed by atoms with van der Waals surface area (Å²) in [4.78, 5) is 15.0. The van der Waals surface area contributed by atoms with Crippen LogP contribution in [0.4, 0.5) is 0 Å². The quantitative estimate of drug-likeness (QED) is 0.256. The maximum Gasteiger partial charge on any atom is 0.355 e. The fraction of sp³-hybridized carbons (Fsp3) is 0.111. The summed E-state index contributed by atoms with van der Waals surface area (Å²) >= 11 is 0. The van der Waals surface area contributed by atoms with E-state index in [4.69, 9.17) is 4.74 Å². The van der Waals surface area contributed by atoms with E-state index in [1.54, 1.807) is 0 Å². The van der Waals surface area contributed by atoms with Gasteiger partial charge in [-0.15, -0.1) is 0 Å². The molecule has 0 aliphatic heterocycles. The van der Waals surface area contributed by atoms with Gasteiger partial charge in [-0.25, -0.2) is 4.79 Å². The Morgan fingerprint density at radius 1 is 1.17 bits per heavy atom. The minimum atomic E-state index is -0.472. The van der Waals surface area contributed by atoms with Gasteiger partial charge < -0.3 is 9.72 Å². The zero-order valence-electron chi connectivity index (χ0n) is 12.7. The predicted octanol–water partition coefficient (Wildman–Crippen LogP) is 2.98. The Bertz CT molecular complexity index is 866. The lowest BCUT2D eigenvalue weighted by molar-refractivity contribution is -0.783. The Hall–Kier alpha value is -3.08. The summed E-state index contributed by atoms with van der Waals surface area (Å²) < 4.78 is 5.88. The Kier molecular flexibility index (Phi) is 4.10. The number of hydrogen-bond acceptors (Lipinski definition) is 3. The molecule has 0 unspecified atom stereocenters. The number of benzene rings is 2. The molecule has 0 aliphatic carbocycles. The van der Waals surface area contributed by atoms with Crippen LogP contribution in [0, 0.1) is 0 Å². The van der Waals surface area contributed by atoms with Crippen molar-refractivity contribution in [2.75, 3.05) is 7.11 Å². The molecule has 0 saturated heterocycles. The summed E-state index contributed by atoms with van der Waals surface area (Å²) in [6.45, 7) is 0.320. The number of nitrogens with one attached hydrogen (secondary N) is 1. The highest BCUT2D eigenvalue weighted by Gasteiger charge is 2.20. The normalized spacial score (nSPS) is 11.6. The first kappa shape index (κ1) is 14.8. The van der Waals surface area contributed by atoms with Crippen molar-refractivity contribution < 1.29 is 19.5 Å². The average molecular weight is 309 g/mol. The number of esters is 1. The molecule has 0 aliphatic rings. The number of hydroxylamine groups is 1. The van der Waals surface area contributed by atoms with Gasteiger partial charge in [0.1, 0.15) is 5.69 Å². The third kappa shape index (κ3) is 3.08. The zero-order chi connectivity index (χ0) is 16.2. The highest BCUT2D eigenvalue weighted by Crippen LogP contribution is 2.21. The van der Waals surface area contributed by atoms with E-state index >= 15 is 0 Å². The van der Waals surface area contributed by atoms with E-state index in [-0.39, 0.29) is 0 Å². The van der Waals surface area contributed by atoms with Crippen LogP contribution in [0.3, 0.4) is 0 Å². The molecule has 1 heterocycles. The van der Waals surface area contributed by atoms with Crippen LogP contribution in [0.1, 0.15) is 21.6 Å². The average Bonchev–Trinajstić information content (AvgIpc) is 2.94. The summed E-state index contributed by atoms with van der Waals surface area (Å²) in [5.74, 6) is -0.472. The van der Waals surface area contributed by atoms with Gasteiger partial charge in [0.05, 0.1) is 12.7 Å². The number of ether oxygens (including phenoxy) is 1. The zero-order valence-corrected chi connectivity index (χ0v) is 12.7. The number of aromatic amines is 1. The topological polar surface area (TPSA) is 65.3 Å². The van der Waals surface area contributed by atoms with Crippen LogP contribution < -0.4 is 0 Å². The third-order valence-corrected chi connectivity index (χ3v) is 3.60. The van der Waals surface area contributed by atoms with E-state index in [2.05, 4.69) is 4.98 Å². The lowest BCUT2D eigenvalue weighted by Gasteiger charge is -1.98. The first-order chi connectivity index (χ1) is 11.2. The van der Waals surface area contributed by atoms with E-state index in [0.717, 1.165) is 21.2 Å². The van der Waals surface area contributed by atoms with E-state index in [0.29, 0.717) is 17.8 Å². The van der Waals surface area contributed by atoms with Crippen LogP contribution >= 0.6 is 0 Å². The van der Waals surface area contributed by atoms with E-state index in [1.807, 2.05) is 54.6 Å². The first-order valence-electron chi connectivity index (χ1n) is 7.22. The largest absolute Gasteiger partial charge is 0.464 e. The van der Waals surface area contributed by atoms with Crippen molar-refractivity contribution in [1.29, 1.82) is 0 Å². The number of carbonyl (C=O) groups is 1. The van der Waals surface area contributed by atoms with Gasteiger partial charge in [0.2, 0.25) is 12.8 Å². The van der Waals surface area contributed by atoms with Gasteiger partial charge in [-0.2, -0.15) is 0 Å². The minimum absolute atomic E-state index is 0.320. The van der Waals surface area contributed by atoms with Crippen LogP contribution in [0.25, 0.3) is 10.9 Å². The molecule has 5 heteroatoms. The molecule has 0 atom stereocenters. The van der Waals surface area contributed by atoms with Crippen molar-refractivity contribution in [2.24, 2.45) is 0 Å². The van der Waals surface area contributed by atoms with E-state index in [1.165, 1.54) is 13.3 Å². The van der Waals surface area contributed by atoms with Gasteiger partial charge in [0, 0.05) is 16.5 Å². The summed E-state index contributed by atoms with van der Waals surface area (Å²) in [7, 11) is 1.33. The molecule has 3 aromatic rings. The number of methoxy groups -OCH3 is 1. The SMILES string of the molecule is COC(=O)c1[nH]c2ccccc2c1C=[N+](O)Cc1ccccc1. The fourth-order valence-corrected chi connectivity index (χ4v) is 2.53. The maximum atomic E-state index is 12.0. The molecule has 116 valence electrons. The molecule has 3 rings (SSSR count). The van der Waals surface area contributed by atoms with Crippen molar-refractivity contribution >= 4 is 23.1 Å². The second-order valence-electron chi connectivity index (χ2n) is 5.16. The first-order valence-corrected chi connectivity index (χ1v) is 7.22. The number of hydrogen-bond donors (Lipinski definition) is 2.